The van der Waals surface area contributed by atoms with Gasteiger partial charge in [-0.3, -0.25) is 9.59 Å². The first-order chi connectivity index (χ1) is 12.9. The van der Waals surface area contributed by atoms with E-state index >= 15 is 0 Å². The van der Waals surface area contributed by atoms with Crippen LogP contribution in [0.15, 0.2) is 48.5 Å². The summed E-state index contributed by atoms with van der Waals surface area (Å²) in [5.41, 5.74) is 2.29. The molecule has 1 fully saturated rings. The van der Waals surface area contributed by atoms with Crippen LogP contribution >= 0.6 is 0 Å². The maximum Gasteiger partial charge on any atom is 0.254 e. The summed E-state index contributed by atoms with van der Waals surface area (Å²) in [6, 6.07) is 13.8. The highest BCUT2D eigenvalue weighted by molar-refractivity contribution is 5.96. The molecule has 2 aromatic rings. The lowest BCUT2D eigenvalue weighted by atomic mass is 9.88. The van der Waals surface area contributed by atoms with E-state index < -0.39 is 5.92 Å². The predicted octanol–water partition coefficient (Wildman–Crippen LogP) is 3.51. The molecule has 0 radical (unpaired) electrons. The zero-order chi connectivity index (χ0) is 19.6. The molecule has 2 amide bonds. The van der Waals surface area contributed by atoms with Gasteiger partial charge in [-0.25, -0.2) is 4.39 Å². The summed E-state index contributed by atoms with van der Waals surface area (Å²) >= 11 is 0. The number of nitrogens with zero attached hydrogens (tertiary/aromatic N) is 1. The van der Waals surface area contributed by atoms with Crippen molar-refractivity contribution in [2.75, 3.05) is 13.1 Å². The van der Waals surface area contributed by atoms with Crippen LogP contribution in [0.2, 0.25) is 0 Å². The average Bonchev–Trinajstić information content (AvgIpc) is 3.06. The predicted molar refractivity (Wildman–Crippen MR) is 103 cm³/mol. The van der Waals surface area contributed by atoms with Gasteiger partial charge in [-0.05, 0) is 50.1 Å². The fraction of sp³-hybridized carbons (Fsp3) is 0.364. The Bertz CT molecular complexity index is 850. The van der Waals surface area contributed by atoms with Crippen LogP contribution in [0.3, 0.4) is 0 Å². The van der Waals surface area contributed by atoms with Gasteiger partial charge in [0.15, 0.2) is 0 Å². The van der Waals surface area contributed by atoms with Crippen LogP contribution in [-0.4, -0.2) is 35.8 Å². The first-order valence-electron chi connectivity index (χ1n) is 9.27. The van der Waals surface area contributed by atoms with Crippen molar-refractivity contribution in [2.24, 2.45) is 5.92 Å². The van der Waals surface area contributed by atoms with E-state index in [9.17, 15) is 14.0 Å². The molecule has 3 rings (SSSR count). The van der Waals surface area contributed by atoms with Gasteiger partial charge < -0.3 is 10.2 Å². The number of amides is 2. The Hall–Kier alpha value is -2.69. The summed E-state index contributed by atoms with van der Waals surface area (Å²) < 4.78 is 13.8. The van der Waals surface area contributed by atoms with E-state index in [0.29, 0.717) is 18.7 Å². The van der Waals surface area contributed by atoms with Crippen LogP contribution in [0.1, 0.15) is 41.3 Å². The number of carbonyl (C=O) groups is 2. The van der Waals surface area contributed by atoms with Crippen molar-refractivity contribution in [3.63, 3.8) is 0 Å². The van der Waals surface area contributed by atoms with Crippen molar-refractivity contribution in [2.45, 2.75) is 32.7 Å². The zero-order valence-corrected chi connectivity index (χ0v) is 15.9. The van der Waals surface area contributed by atoms with Crippen LogP contribution in [-0.2, 0) is 4.79 Å². The van der Waals surface area contributed by atoms with Crippen LogP contribution < -0.4 is 5.32 Å². The Balaban J connectivity index is 1.90. The van der Waals surface area contributed by atoms with E-state index in [-0.39, 0.29) is 29.6 Å². The third kappa shape index (κ3) is 4.18. The smallest absolute Gasteiger partial charge is 0.254 e. The van der Waals surface area contributed by atoms with Gasteiger partial charge in [0.2, 0.25) is 5.91 Å². The molecular formula is C22H25FN2O2. The minimum Gasteiger partial charge on any atom is -0.354 e. The van der Waals surface area contributed by atoms with Crippen molar-refractivity contribution < 1.29 is 14.0 Å². The molecule has 1 heterocycles. The molecule has 4 nitrogen and oxygen atoms in total. The lowest BCUT2D eigenvalue weighted by Gasteiger charge is -2.19. The van der Waals surface area contributed by atoms with Crippen LogP contribution in [0.25, 0.3) is 0 Å². The first kappa shape index (κ1) is 19.1. The molecule has 0 aliphatic carbocycles. The molecule has 1 aliphatic rings. The summed E-state index contributed by atoms with van der Waals surface area (Å²) in [4.78, 5) is 27.5. The molecule has 0 bridgehead atoms. The molecule has 27 heavy (non-hydrogen) atoms. The van der Waals surface area contributed by atoms with Gasteiger partial charge in [0.1, 0.15) is 5.82 Å². The maximum absolute atomic E-state index is 13.8. The minimum atomic E-state index is -0.401. The van der Waals surface area contributed by atoms with E-state index in [2.05, 4.69) is 5.32 Å². The molecular weight excluding hydrogens is 343 g/mol. The number of aryl methyl sites for hydroxylation is 1. The molecule has 1 N–H and O–H groups in total. The van der Waals surface area contributed by atoms with Crippen molar-refractivity contribution in [3.8, 4) is 0 Å². The van der Waals surface area contributed by atoms with Crippen LogP contribution in [0.5, 0.6) is 0 Å². The standard InChI is InChI=1S/C22H25FN2O2/c1-14(2)24-21(26)20-13-25(22(27)18-10-5-4-7-15(18)3)12-19(20)16-8-6-9-17(23)11-16/h4-11,14,19-20H,12-13H2,1-3H3,(H,24,26)/t19-,20+/m0/s1. The number of benzene rings is 2. The highest BCUT2D eigenvalue weighted by Crippen LogP contribution is 2.34. The summed E-state index contributed by atoms with van der Waals surface area (Å²) in [6.07, 6.45) is 0. The van der Waals surface area contributed by atoms with Crippen molar-refractivity contribution in [1.29, 1.82) is 0 Å². The largest absolute Gasteiger partial charge is 0.354 e. The summed E-state index contributed by atoms with van der Waals surface area (Å²) in [6.45, 7) is 6.43. The summed E-state index contributed by atoms with van der Waals surface area (Å²) in [7, 11) is 0. The Morgan fingerprint density at radius 1 is 1.11 bits per heavy atom. The minimum absolute atomic E-state index is 0.00628. The topological polar surface area (TPSA) is 49.4 Å². The molecule has 0 spiro atoms. The normalized spacial score (nSPS) is 19.4. The molecule has 1 saturated heterocycles. The number of likely N-dealkylation sites (tertiary alicyclic amines) is 1. The Morgan fingerprint density at radius 2 is 1.85 bits per heavy atom. The van der Waals surface area contributed by atoms with Gasteiger partial charge in [-0.2, -0.15) is 0 Å². The molecule has 142 valence electrons. The lowest BCUT2D eigenvalue weighted by molar-refractivity contribution is -0.125. The molecule has 5 heteroatoms. The lowest BCUT2D eigenvalue weighted by Crippen LogP contribution is -2.39. The number of carbonyl (C=O) groups excluding carboxylic acids is 2. The number of rotatable bonds is 4. The first-order valence-corrected chi connectivity index (χ1v) is 9.27. The Morgan fingerprint density at radius 3 is 2.52 bits per heavy atom. The maximum atomic E-state index is 13.8. The second kappa shape index (κ2) is 7.91. The van der Waals surface area contributed by atoms with E-state index in [4.69, 9.17) is 0 Å². The third-order valence-electron chi connectivity index (χ3n) is 5.03. The average molecular weight is 368 g/mol. The van der Waals surface area contributed by atoms with Gasteiger partial charge in [0, 0.05) is 30.6 Å². The number of hydrogen-bond acceptors (Lipinski definition) is 2. The third-order valence-corrected chi connectivity index (χ3v) is 5.03. The monoisotopic (exact) mass is 368 g/mol. The molecule has 0 aromatic heterocycles. The molecule has 1 aliphatic heterocycles. The van der Waals surface area contributed by atoms with E-state index in [1.807, 2.05) is 45.0 Å². The number of halogens is 1. The summed E-state index contributed by atoms with van der Waals surface area (Å²) in [5.74, 6) is -1.15. The fourth-order valence-corrected chi connectivity index (χ4v) is 3.69. The van der Waals surface area contributed by atoms with E-state index in [1.165, 1.54) is 12.1 Å². The van der Waals surface area contributed by atoms with Gasteiger partial charge in [0.05, 0.1) is 5.92 Å². The molecule has 2 atom stereocenters. The Labute approximate surface area is 159 Å². The van der Waals surface area contributed by atoms with Crippen molar-refractivity contribution in [3.05, 3.63) is 71.0 Å². The highest BCUT2D eigenvalue weighted by Gasteiger charge is 2.41. The van der Waals surface area contributed by atoms with E-state index in [0.717, 1.165) is 11.1 Å². The highest BCUT2D eigenvalue weighted by atomic mass is 19.1. The molecule has 0 saturated carbocycles. The van der Waals surface area contributed by atoms with Crippen molar-refractivity contribution >= 4 is 11.8 Å². The molecule has 0 unspecified atom stereocenters. The number of nitrogens with one attached hydrogen (secondary N) is 1. The SMILES string of the molecule is Cc1ccccc1C(=O)N1C[C@@H](C(=O)NC(C)C)[C@H](c2cccc(F)c2)C1. The van der Waals surface area contributed by atoms with Crippen LogP contribution in [0, 0.1) is 18.7 Å². The summed E-state index contributed by atoms with van der Waals surface area (Å²) in [5, 5.41) is 2.94. The van der Waals surface area contributed by atoms with Gasteiger partial charge >= 0.3 is 0 Å². The van der Waals surface area contributed by atoms with E-state index in [1.54, 1.807) is 17.0 Å². The number of hydrogen-bond donors (Lipinski definition) is 1. The Kier molecular flexibility index (Phi) is 5.59. The van der Waals surface area contributed by atoms with Crippen molar-refractivity contribution in [1.82, 2.24) is 10.2 Å². The fourth-order valence-electron chi connectivity index (χ4n) is 3.69. The van der Waals surface area contributed by atoms with Gasteiger partial charge in [-0.15, -0.1) is 0 Å². The quantitative estimate of drug-likeness (QED) is 0.898. The second-order valence-corrected chi connectivity index (χ2v) is 7.46. The van der Waals surface area contributed by atoms with Crippen LogP contribution in [0.4, 0.5) is 4.39 Å². The zero-order valence-electron chi connectivity index (χ0n) is 15.9. The second-order valence-electron chi connectivity index (χ2n) is 7.46. The van der Waals surface area contributed by atoms with Gasteiger partial charge in [0.25, 0.3) is 5.91 Å². The van der Waals surface area contributed by atoms with Gasteiger partial charge in [-0.1, -0.05) is 30.3 Å². The molecule has 2 aromatic carbocycles.